The molecule has 6 heteroatoms. The third-order valence-electron chi connectivity index (χ3n) is 2.85. The standard InChI is InChI=1S/C12H14BrClN2O.ClH/c13-8-1-2-11(14)10(7-8)12(17)16-9-3-5-15-6-4-9;/h1-2,7,9,15H,3-6H2,(H,16,17);1H. The second-order valence-corrected chi connectivity index (χ2v) is 5.44. The molecule has 1 amide bonds. The minimum absolute atomic E-state index is 0. The summed E-state index contributed by atoms with van der Waals surface area (Å²) in [5, 5.41) is 6.77. The Kier molecular flexibility index (Phi) is 6.43. The van der Waals surface area contributed by atoms with E-state index in [0.29, 0.717) is 10.6 Å². The predicted molar refractivity (Wildman–Crippen MR) is 79.8 cm³/mol. The summed E-state index contributed by atoms with van der Waals surface area (Å²) >= 11 is 9.36. The third kappa shape index (κ3) is 4.12. The van der Waals surface area contributed by atoms with E-state index in [1.165, 1.54) is 0 Å². The fraction of sp³-hybridized carbons (Fsp3) is 0.417. The number of carbonyl (C=O) groups is 1. The topological polar surface area (TPSA) is 41.1 Å². The number of rotatable bonds is 2. The molecule has 0 atom stereocenters. The number of hydrogen-bond acceptors (Lipinski definition) is 2. The van der Waals surface area contributed by atoms with Gasteiger partial charge in [-0.2, -0.15) is 0 Å². The van der Waals surface area contributed by atoms with E-state index in [4.69, 9.17) is 11.6 Å². The molecule has 0 saturated carbocycles. The van der Waals surface area contributed by atoms with Gasteiger partial charge in [0.05, 0.1) is 10.6 Å². The molecule has 1 saturated heterocycles. The highest BCUT2D eigenvalue weighted by atomic mass is 79.9. The van der Waals surface area contributed by atoms with E-state index in [9.17, 15) is 4.79 Å². The summed E-state index contributed by atoms with van der Waals surface area (Å²) in [5.41, 5.74) is 0.527. The van der Waals surface area contributed by atoms with Crippen LogP contribution in [0.4, 0.5) is 0 Å². The number of piperidine rings is 1. The van der Waals surface area contributed by atoms with Crippen molar-refractivity contribution in [3.63, 3.8) is 0 Å². The average Bonchev–Trinajstić information content (AvgIpc) is 2.33. The Bertz CT molecular complexity index is 423. The molecule has 0 aromatic heterocycles. The van der Waals surface area contributed by atoms with Crippen molar-refractivity contribution in [2.45, 2.75) is 18.9 Å². The number of benzene rings is 1. The fourth-order valence-corrected chi connectivity index (χ4v) is 2.47. The largest absolute Gasteiger partial charge is 0.349 e. The van der Waals surface area contributed by atoms with E-state index in [0.717, 1.165) is 30.4 Å². The van der Waals surface area contributed by atoms with Gasteiger partial charge in [-0.3, -0.25) is 4.79 Å². The Hall–Kier alpha value is -0.290. The van der Waals surface area contributed by atoms with Crippen LogP contribution in [-0.4, -0.2) is 25.0 Å². The second kappa shape index (κ2) is 7.34. The molecule has 1 aromatic rings. The van der Waals surface area contributed by atoms with Gasteiger partial charge in [0.15, 0.2) is 0 Å². The summed E-state index contributed by atoms with van der Waals surface area (Å²) in [6.45, 7) is 1.91. The minimum Gasteiger partial charge on any atom is -0.349 e. The van der Waals surface area contributed by atoms with Crippen LogP contribution >= 0.6 is 39.9 Å². The molecule has 1 heterocycles. The molecule has 1 fully saturated rings. The molecule has 0 spiro atoms. The zero-order valence-corrected chi connectivity index (χ0v) is 12.9. The lowest BCUT2D eigenvalue weighted by Crippen LogP contribution is -2.42. The summed E-state index contributed by atoms with van der Waals surface area (Å²) < 4.78 is 0.859. The van der Waals surface area contributed by atoms with Crippen molar-refractivity contribution < 1.29 is 4.79 Å². The second-order valence-electron chi connectivity index (χ2n) is 4.12. The smallest absolute Gasteiger partial charge is 0.253 e. The van der Waals surface area contributed by atoms with Gasteiger partial charge in [-0.1, -0.05) is 27.5 Å². The summed E-state index contributed by atoms with van der Waals surface area (Å²) in [6.07, 6.45) is 1.94. The fourth-order valence-electron chi connectivity index (χ4n) is 1.90. The van der Waals surface area contributed by atoms with Crippen molar-refractivity contribution in [2.24, 2.45) is 0 Å². The Morgan fingerprint density at radius 1 is 1.39 bits per heavy atom. The minimum atomic E-state index is -0.0943. The predicted octanol–water partition coefficient (Wildman–Crippen LogP) is 3.01. The molecule has 3 nitrogen and oxygen atoms in total. The van der Waals surface area contributed by atoms with Gasteiger partial charge in [-0.15, -0.1) is 12.4 Å². The molecule has 2 N–H and O–H groups in total. The quantitative estimate of drug-likeness (QED) is 0.858. The van der Waals surface area contributed by atoms with Crippen molar-refractivity contribution in [3.8, 4) is 0 Å². The Labute approximate surface area is 126 Å². The van der Waals surface area contributed by atoms with Gasteiger partial charge < -0.3 is 10.6 Å². The van der Waals surface area contributed by atoms with E-state index in [2.05, 4.69) is 26.6 Å². The third-order valence-corrected chi connectivity index (χ3v) is 3.67. The van der Waals surface area contributed by atoms with E-state index in [-0.39, 0.29) is 24.4 Å². The van der Waals surface area contributed by atoms with E-state index < -0.39 is 0 Å². The Balaban J connectivity index is 0.00000162. The molecule has 1 aromatic carbocycles. The lowest BCUT2D eigenvalue weighted by atomic mass is 10.1. The average molecular weight is 354 g/mol. The van der Waals surface area contributed by atoms with Crippen LogP contribution in [0.2, 0.25) is 5.02 Å². The molecule has 0 unspecified atom stereocenters. The number of carbonyl (C=O) groups excluding carboxylic acids is 1. The number of hydrogen-bond donors (Lipinski definition) is 2. The number of halogens is 3. The molecular weight excluding hydrogens is 339 g/mol. The van der Waals surface area contributed by atoms with Crippen LogP contribution in [0.5, 0.6) is 0 Å². The summed E-state index contributed by atoms with van der Waals surface area (Å²) in [7, 11) is 0. The summed E-state index contributed by atoms with van der Waals surface area (Å²) in [4.78, 5) is 12.0. The van der Waals surface area contributed by atoms with Crippen molar-refractivity contribution in [1.29, 1.82) is 0 Å². The van der Waals surface area contributed by atoms with Crippen LogP contribution in [0.25, 0.3) is 0 Å². The maximum Gasteiger partial charge on any atom is 0.253 e. The molecule has 2 rings (SSSR count). The van der Waals surface area contributed by atoms with E-state index in [1.807, 2.05) is 6.07 Å². The lowest BCUT2D eigenvalue weighted by molar-refractivity contribution is 0.0929. The van der Waals surface area contributed by atoms with Gasteiger partial charge in [0.1, 0.15) is 0 Å². The summed E-state index contributed by atoms with van der Waals surface area (Å²) in [6, 6.07) is 5.55. The van der Waals surface area contributed by atoms with Crippen LogP contribution in [0, 0.1) is 0 Å². The first-order valence-corrected chi connectivity index (χ1v) is 6.80. The van der Waals surface area contributed by atoms with Gasteiger partial charge in [-0.25, -0.2) is 0 Å². The monoisotopic (exact) mass is 352 g/mol. The van der Waals surface area contributed by atoms with Crippen molar-refractivity contribution in [2.75, 3.05) is 13.1 Å². The van der Waals surface area contributed by atoms with Crippen molar-refractivity contribution in [1.82, 2.24) is 10.6 Å². The first-order chi connectivity index (χ1) is 8.16. The van der Waals surface area contributed by atoms with Crippen molar-refractivity contribution >= 4 is 45.8 Å². The first-order valence-electron chi connectivity index (χ1n) is 5.63. The number of amides is 1. The maximum absolute atomic E-state index is 12.0. The SMILES string of the molecule is Cl.O=C(NC1CCNCC1)c1cc(Br)ccc1Cl. The van der Waals surface area contributed by atoms with Crippen LogP contribution in [0.3, 0.4) is 0 Å². The zero-order chi connectivity index (χ0) is 12.3. The van der Waals surface area contributed by atoms with E-state index in [1.54, 1.807) is 12.1 Å². The first kappa shape index (κ1) is 15.8. The normalized spacial score (nSPS) is 15.9. The van der Waals surface area contributed by atoms with Crippen LogP contribution in [-0.2, 0) is 0 Å². The van der Waals surface area contributed by atoms with Gasteiger partial charge in [-0.05, 0) is 44.1 Å². The summed E-state index contributed by atoms with van der Waals surface area (Å²) in [5.74, 6) is -0.0943. The zero-order valence-electron chi connectivity index (χ0n) is 9.71. The highest BCUT2D eigenvalue weighted by Gasteiger charge is 2.18. The van der Waals surface area contributed by atoms with Crippen molar-refractivity contribution in [3.05, 3.63) is 33.3 Å². The van der Waals surface area contributed by atoms with Gasteiger partial charge in [0, 0.05) is 10.5 Å². The molecule has 1 aliphatic heterocycles. The van der Waals surface area contributed by atoms with Crippen LogP contribution in [0.15, 0.2) is 22.7 Å². The maximum atomic E-state index is 12.0. The lowest BCUT2D eigenvalue weighted by Gasteiger charge is -2.23. The molecule has 1 aliphatic rings. The molecule has 0 radical (unpaired) electrons. The van der Waals surface area contributed by atoms with Crippen LogP contribution < -0.4 is 10.6 Å². The van der Waals surface area contributed by atoms with Gasteiger partial charge in [0.2, 0.25) is 0 Å². The molecule has 100 valence electrons. The van der Waals surface area contributed by atoms with E-state index >= 15 is 0 Å². The Morgan fingerprint density at radius 3 is 2.72 bits per heavy atom. The molecule has 18 heavy (non-hydrogen) atoms. The highest BCUT2D eigenvalue weighted by Crippen LogP contribution is 2.21. The molecule has 0 bridgehead atoms. The molecular formula is C12H15BrCl2N2O. The Morgan fingerprint density at radius 2 is 2.06 bits per heavy atom. The van der Waals surface area contributed by atoms with Gasteiger partial charge >= 0.3 is 0 Å². The van der Waals surface area contributed by atoms with Gasteiger partial charge in [0.25, 0.3) is 5.91 Å². The van der Waals surface area contributed by atoms with Crippen LogP contribution in [0.1, 0.15) is 23.2 Å². The highest BCUT2D eigenvalue weighted by molar-refractivity contribution is 9.10. The number of nitrogens with one attached hydrogen (secondary N) is 2. The molecule has 0 aliphatic carbocycles.